The molecular weight excluding hydrogens is 250 g/mol. The van der Waals surface area contributed by atoms with Gasteiger partial charge in [-0.1, -0.05) is 23.7 Å². The summed E-state index contributed by atoms with van der Waals surface area (Å²) in [7, 11) is 0. The number of aliphatic hydroxyl groups excluding tert-OH is 1. The van der Waals surface area contributed by atoms with Gasteiger partial charge in [-0.05, 0) is 31.5 Å². The lowest BCUT2D eigenvalue weighted by Gasteiger charge is -2.13. The van der Waals surface area contributed by atoms with E-state index in [9.17, 15) is 5.11 Å². The maximum atomic E-state index is 10.2. The molecule has 96 valence electrons. The molecule has 1 heterocycles. The Morgan fingerprint density at radius 2 is 1.94 bits per heavy atom. The summed E-state index contributed by atoms with van der Waals surface area (Å²) in [5.41, 5.74) is 0.831. The average Bonchev–Trinajstić information content (AvgIpc) is 2.78. The molecule has 0 aliphatic rings. The molecule has 1 atom stereocenters. The maximum Gasteiger partial charge on any atom is 0.138 e. The normalized spacial score (nSPS) is 12.9. The van der Waals surface area contributed by atoms with E-state index >= 15 is 0 Å². The molecule has 1 unspecified atom stereocenters. The van der Waals surface area contributed by atoms with Gasteiger partial charge in [-0.2, -0.15) is 5.10 Å². The number of benzene rings is 1. The fourth-order valence-electron chi connectivity index (χ4n) is 1.83. The molecule has 0 spiro atoms. The highest BCUT2D eigenvalue weighted by Crippen LogP contribution is 2.20. The van der Waals surface area contributed by atoms with Crippen molar-refractivity contribution >= 4 is 11.6 Å². The van der Waals surface area contributed by atoms with Gasteiger partial charge in [0.05, 0.1) is 6.10 Å². The average molecular weight is 266 g/mol. The molecule has 0 aliphatic heterocycles. The van der Waals surface area contributed by atoms with Gasteiger partial charge in [0.2, 0.25) is 0 Å². The van der Waals surface area contributed by atoms with Gasteiger partial charge in [-0.15, -0.1) is 0 Å². The molecule has 0 radical (unpaired) electrons. The van der Waals surface area contributed by atoms with Crippen LogP contribution < -0.4 is 0 Å². The predicted molar refractivity (Wildman–Crippen MR) is 70.5 cm³/mol. The van der Waals surface area contributed by atoms with E-state index in [1.165, 1.54) is 6.33 Å². The molecule has 0 amide bonds. The van der Waals surface area contributed by atoms with E-state index in [-0.39, 0.29) is 6.04 Å². The third-order valence-electron chi connectivity index (χ3n) is 2.77. The number of aliphatic hydroxyl groups is 1. The first kappa shape index (κ1) is 13.1. The Hall–Kier alpha value is -1.39. The molecule has 1 aromatic heterocycles. The minimum atomic E-state index is -0.594. The first-order chi connectivity index (χ1) is 8.58. The molecule has 1 aromatic carbocycles. The van der Waals surface area contributed by atoms with E-state index in [0.29, 0.717) is 11.4 Å². The van der Waals surface area contributed by atoms with E-state index < -0.39 is 6.10 Å². The first-order valence-electron chi connectivity index (χ1n) is 5.90. The Labute approximate surface area is 111 Å². The number of hydrogen-bond donors (Lipinski definition) is 1. The molecular formula is C13H16ClN3O. The number of hydrogen-bond acceptors (Lipinski definition) is 3. The van der Waals surface area contributed by atoms with Gasteiger partial charge in [0, 0.05) is 17.5 Å². The largest absolute Gasteiger partial charge is 0.388 e. The van der Waals surface area contributed by atoms with Crippen LogP contribution in [0.2, 0.25) is 5.02 Å². The topological polar surface area (TPSA) is 50.9 Å². The molecule has 2 rings (SSSR count). The highest BCUT2D eigenvalue weighted by molar-refractivity contribution is 6.30. The van der Waals surface area contributed by atoms with Crippen molar-refractivity contribution in [1.82, 2.24) is 14.8 Å². The molecule has 1 N–H and O–H groups in total. The summed E-state index contributed by atoms with van der Waals surface area (Å²) in [6, 6.07) is 7.42. The smallest absolute Gasteiger partial charge is 0.138 e. The van der Waals surface area contributed by atoms with Crippen molar-refractivity contribution in [1.29, 1.82) is 0 Å². The molecule has 0 aliphatic carbocycles. The Morgan fingerprint density at radius 3 is 2.56 bits per heavy atom. The quantitative estimate of drug-likeness (QED) is 0.925. The van der Waals surface area contributed by atoms with Crippen LogP contribution in [-0.4, -0.2) is 19.9 Å². The third kappa shape index (κ3) is 2.89. The summed E-state index contributed by atoms with van der Waals surface area (Å²) < 4.78 is 1.82. The first-order valence-corrected chi connectivity index (χ1v) is 6.27. The van der Waals surface area contributed by atoms with Gasteiger partial charge in [0.25, 0.3) is 0 Å². The Balaban J connectivity index is 2.13. The van der Waals surface area contributed by atoms with Crippen molar-refractivity contribution in [2.75, 3.05) is 0 Å². The van der Waals surface area contributed by atoms with Crippen LogP contribution >= 0.6 is 11.6 Å². The summed E-state index contributed by atoms with van der Waals surface area (Å²) in [5.74, 6) is 0.785. The Morgan fingerprint density at radius 1 is 1.28 bits per heavy atom. The van der Waals surface area contributed by atoms with Gasteiger partial charge in [0.15, 0.2) is 0 Å². The molecule has 2 aromatic rings. The van der Waals surface area contributed by atoms with Gasteiger partial charge >= 0.3 is 0 Å². The van der Waals surface area contributed by atoms with Crippen molar-refractivity contribution in [2.45, 2.75) is 32.4 Å². The van der Waals surface area contributed by atoms with Crippen molar-refractivity contribution in [3.05, 3.63) is 47.0 Å². The molecule has 0 fully saturated rings. The zero-order valence-electron chi connectivity index (χ0n) is 10.4. The van der Waals surface area contributed by atoms with Crippen molar-refractivity contribution in [2.24, 2.45) is 0 Å². The summed E-state index contributed by atoms with van der Waals surface area (Å²) >= 11 is 5.82. The van der Waals surface area contributed by atoms with Crippen molar-refractivity contribution in [3.63, 3.8) is 0 Å². The zero-order valence-corrected chi connectivity index (χ0v) is 11.2. The van der Waals surface area contributed by atoms with Crippen LogP contribution in [0.25, 0.3) is 0 Å². The fourth-order valence-corrected chi connectivity index (χ4v) is 1.95. The minimum Gasteiger partial charge on any atom is -0.388 e. The summed E-state index contributed by atoms with van der Waals surface area (Å²) in [6.07, 6.45) is 1.37. The monoisotopic (exact) mass is 265 g/mol. The van der Waals surface area contributed by atoms with Gasteiger partial charge in [0.1, 0.15) is 12.2 Å². The predicted octanol–water partition coefficient (Wildman–Crippen LogP) is 2.79. The van der Waals surface area contributed by atoms with Crippen LogP contribution in [0.5, 0.6) is 0 Å². The van der Waals surface area contributed by atoms with Crippen molar-refractivity contribution < 1.29 is 5.11 Å². The lowest BCUT2D eigenvalue weighted by molar-refractivity contribution is 0.173. The van der Waals surface area contributed by atoms with Crippen LogP contribution in [-0.2, 0) is 6.42 Å². The molecule has 0 saturated heterocycles. The van der Waals surface area contributed by atoms with Crippen molar-refractivity contribution in [3.8, 4) is 0 Å². The van der Waals surface area contributed by atoms with E-state index in [1.807, 2.05) is 30.7 Å². The summed E-state index contributed by atoms with van der Waals surface area (Å²) in [4.78, 5) is 4.19. The fraction of sp³-hybridized carbons (Fsp3) is 0.385. The van der Waals surface area contributed by atoms with Crippen LogP contribution in [0.15, 0.2) is 30.6 Å². The molecule has 5 heteroatoms. The summed E-state index contributed by atoms with van der Waals surface area (Å²) in [5, 5.41) is 15.0. The van der Waals surface area contributed by atoms with Gasteiger partial charge in [-0.3, -0.25) is 0 Å². The van der Waals surface area contributed by atoms with Crippen LogP contribution in [0, 0.1) is 0 Å². The zero-order chi connectivity index (χ0) is 13.1. The second-order valence-electron chi connectivity index (χ2n) is 4.49. The molecule has 4 nitrogen and oxygen atoms in total. The van der Waals surface area contributed by atoms with E-state index in [1.54, 1.807) is 12.1 Å². The van der Waals surface area contributed by atoms with E-state index in [0.717, 1.165) is 11.4 Å². The molecule has 0 bridgehead atoms. The maximum absolute atomic E-state index is 10.2. The second kappa shape index (κ2) is 5.50. The lowest BCUT2D eigenvalue weighted by atomic mass is 10.1. The number of rotatable bonds is 4. The minimum absolute atomic E-state index is 0.236. The Kier molecular flexibility index (Phi) is 3.99. The molecule has 18 heavy (non-hydrogen) atoms. The van der Waals surface area contributed by atoms with Gasteiger partial charge in [-0.25, -0.2) is 9.67 Å². The number of aromatic nitrogens is 3. The number of nitrogens with zero attached hydrogens (tertiary/aromatic N) is 3. The lowest BCUT2D eigenvalue weighted by Crippen LogP contribution is -2.12. The highest BCUT2D eigenvalue weighted by Gasteiger charge is 2.14. The van der Waals surface area contributed by atoms with E-state index in [2.05, 4.69) is 10.1 Å². The van der Waals surface area contributed by atoms with E-state index in [4.69, 9.17) is 11.6 Å². The molecule has 0 saturated carbocycles. The SMILES string of the molecule is CC(C)n1ncnc1CC(O)c1ccc(Cl)cc1. The van der Waals surface area contributed by atoms with Crippen LogP contribution in [0.4, 0.5) is 0 Å². The Bertz CT molecular complexity index is 507. The van der Waals surface area contributed by atoms with Crippen LogP contribution in [0.3, 0.4) is 0 Å². The standard InChI is InChI=1S/C13H16ClN3O/c1-9(2)17-13(15-8-16-17)7-12(18)10-3-5-11(14)6-4-10/h3-6,8-9,12,18H,7H2,1-2H3. The summed E-state index contributed by atoms with van der Waals surface area (Å²) in [6.45, 7) is 4.07. The highest BCUT2D eigenvalue weighted by atomic mass is 35.5. The number of halogens is 1. The van der Waals surface area contributed by atoms with Crippen LogP contribution in [0.1, 0.15) is 37.4 Å². The van der Waals surface area contributed by atoms with Gasteiger partial charge < -0.3 is 5.11 Å². The second-order valence-corrected chi connectivity index (χ2v) is 4.92. The third-order valence-corrected chi connectivity index (χ3v) is 3.02.